The summed E-state index contributed by atoms with van der Waals surface area (Å²) in [6.45, 7) is 7.48. The Bertz CT molecular complexity index is 531. The molecule has 1 atom stereocenters. The molecule has 2 heterocycles. The number of halogens is 1. The minimum absolute atomic E-state index is 0.482. The summed E-state index contributed by atoms with van der Waals surface area (Å²) < 4.78 is 7.51. The fourth-order valence-electron chi connectivity index (χ4n) is 2.83. The second kappa shape index (κ2) is 8.57. The number of aryl methyl sites for hydroxylation is 1. The maximum atomic E-state index is 6.04. The van der Waals surface area contributed by atoms with E-state index >= 15 is 0 Å². The molecule has 1 aliphatic heterocycles. The van der Waals surface area contributed by atoms with Crippen LogP contribution in [0.15, 0.2) is 17.3 Å². The smallest absolute Gasteiger partial charge is 0.193 e. The second-order valence-corrected chi connectivity index (χ2v) is 6.49. The first-order valence-corrected chi connectivity index (χ1v) is 8.43. The van der Waals surface area contributed by atoms with E-state index in [0.717, 1.165) is 56.1 Å². The van der Waals surface area contributed by atoms with Gasteiger partial charge in [-0.1, -0.05) is 11.6 Å². The Morgan fingerprint density at radius 2 is 2.35 bits per heavy atom. The van der Waals surface area contributed by atoms with Crippen molar-refractivity contribution in [2.45, 2.75) is 19.5 Å². The summed E-state index contributed by atoms with van der Waals surface area (Å²) in [6.07, 6.45) is 1.92. The molecule has 0 aliphatic carbocycles. The lowest BCUT2D eigenvalue weighted by atomic mass is 10.2. The van der Waals surface area contributed by atoms with Crippen LogP contribution in [-0.4, -0.2) is 73.3 Å². The van der Waals surface area contributed by atoms with Crippen LogP contribution in [0.4, 0.5) is 0 Å². The molecule has 1 aromatic rings. The molecule has 130 valence electrons. The lowest BCUT2D eigenvalue weighted by Gasteiger charge is -2.33. The molecular formula is C16H28ClN5O. The molecule has 0 radical (unpaired) electrons. The van der Waals surface area contributed by atoms with Gasteiger partial charge in [0.2, 0.25) is 0 Å². The van der Waals surface area contributed by atoms with E-state index in [1.807, 2.05) is 38.0 Å². The maximum Gasteiger partial charge on any atom is 0.193 e. The molecule has 1 saturated heterocycles. The first kappa shape index (κ1) is 18.1. The highest BCUT2D eigenvalue weighted by atomic mass is 35.5. The molecule has 0 bridgehead atoms. The summed E-state index contributed by atoms with van der Waals surface area (Å²) in [5.41, 5.74) is 1.15. The van der Waals surface area contributed by atoms with Crippen molar-refractivity contribution in [2.75, 3.05) is 46.9 Å². The summed E-state index contributed by atoms with van der Waals surface area (Å²) in [4.78, 5) is 8.92. The van der Waals surface area contributed by atoms with E-state index in [-0.39, 0.29) is 0 Å². The van der Waals surface area contributed by atoms with Gasteiger partial charge >= 0.3 is 0 Å². The minimum Gasteiger partial charge on any atom is -0.379 e. The number of morpholine rings is 1. The highest BCUT2D eigenvalue weighted by molar-refractivity contribution is 6.30. The number of rotatable bonds is 5. The lowest BCUT2D eigenvalue weighted by molar-refractivity contribution is 0.000832. The van der Waals surface area contributed by atoms with E-state index in [1.54, 1.807) is 0 Å². The van der Waals surface area contributed by atoms with Crippen molar-refractivity contribution in [3.63, 3.8) is 0 Å². The average molecular weight is 342 g/mol. The van der Waals surface area contributed by atoms with Crippen molar-refractivity contribution in [1.82, 2.24) is 19.7 Å². The van der Waals surface area contributed by atoms with Crippen LogP contribution in [-0.2, 0) is 18.3 Å². The Kier molecular flexibility index (Phi) is 6.74. The standard InChI is InChI=1S/C16H28ClN5O/c1-13-12-23-8-7-22(13)6-5-19-16(18-2)21(4)11-15-9-14(17)10-20(15)3/h9-10,13H,5-8,11-12H2,1-4H3,(H,18,19). The fraction of sp³-hybridized carbons (Fsp3) is 0.688. The van der Waals surface area contributed by atoms with Gasteiger partial charge in [-0.3, -0.25) is 9.89 Å². The molecule has 0 amide bonds. The van der Waals surface area contributed by atoms with Crippen molar-refractivity contribution in [1.29, 1.82) is 0 Å². The Morgan fingerprint density at radius 1 is 1.57 bits per heavy atom. The Hall–Kier alpha value is -1.24. The van der Waals surface area contributed by atoms with Crippen molar-refractivity contribution in [3.8, 4) is 0 Å². The van der Waals surface area contributed by atoms with Crippen LogP contribution >= 0.6 is 11.6 Å². The van der Waals surface area contributed by atoms with Crippen molar-refractivity contribution < 1.29 is 4.74 Å². The van der Waals surface area contributed by atoms with Gasteiger partial charge in [0.1, 0.15) is 0 Å². The summed E-state index contributed by atoms with van der Waals surface area (Å²) >= 11 is 6.04. The van der Waals surface area contributed by atoms with Gasteiger partial charge in [-0.05, 0) is 13.0 Å². The largest absolute Gasteiger partial charge is 0.379 e. The molecule has 1 unspecified atom stereocenters. The number of nitrogens with one attached hydrogen (secondary N) is 1. The van der Waals surface area contributed by atoms with Crippen LogP contribution in [0.5, 0.6) is 0 Å². The molecule has 6 nitrogen and oxygen atoms in total. The molecular weight excluding hydrogens is 314 g/mol. The van der Waals surface area contributed by atoms with Gasteiger partial charge in [0.25, 0.3) is 0 Å². The Balaban J connectivity index is 1.81. The SMILES string of the molecule is CN=C(NCCN1CCOCC1C)N(C)Cc1cc(Cl)cn1C. The first-order valence-electron chi connectivity index (χ1n) is 8.05. The number of aliphatic imine (C=N–C) groups is 1. The molecule has 7 heteroatoms. The summed E-state index contributed by atoms with van der Waals surface area (Å²) in [6, 6.07) is 2.47. The topological polar surface area (TPSA) is 45.0 Å². The number of hydrogen-bond donors (Lipinski definition) is 1. The summed E-state index contributed by atoms with van der Waals surface area (Å²) in [5, 5.41) is 4.20. The van der Waals surface area contributed by atoms with Crippen molar-refractivity contribution >= 4 is 17.6 Å². The van der Waals surface area contributed by atoms with E-state index in [1.165, 1.54) is 0 Å². The number of ether oxygens (including phenoxy) is 1. The zero-order valence-electron chi connectivity index (χ0n) is 14.5. The molecule has 1 N–H and O–H groups in total. The predicted molar refractivity (Wildman–Crippen MR) is 95.1 cm³/mol. The number of aromatic nitrogens is 1. The lowest BCUT2D eigenvalue weighted by Crippen LogP contribution is -2.48. The van der Waals surface area contributed by atoms with E-state index in [2.05, 4.69) is 27.0 Å². The number of nitrogens with zero attached hydrogens (tertiary/aromatic N) is 4. The van der Waals surface area contributed by atoms with Gasteiger partial charge in [0.05, 0.1) is 24.8 Å². The van der Waals surface area contributed by atoms with E-state index in [9.17, 15) is 0 Å². The van der Waals surface area contributed by atoms with Gasteiger partial charge in [-0.25, -0.2) is 0 Å². The highest BCUT2D eigenvalue weighted by Gasteiger charge is 2.18. The van der Waals surface area contributed by atoms with Gasteiger partial charge < -0.3 is 19.5 Å². The van der Waals surface area contributed by atoms with Gasteiger partial charge in [-0.15, -0.1) is 0 Å². The summed E-state index contributed by atoms with van der Waals surface area (Å²) in [5.74, 6) is 0.892. The maximum absolute atomic E-state index is 6.04. The van der Waals surface area contributed by atoms with E-state index < -0.39 is 0 Å². The molecule has 0 saturated carbocycles. The number of hydrogen-bond acceptors (Lipinski definition) is 3. The molecule has 1 fully saturated rings. The third-order valence-corrected chi connectivity index (χ3v) is 4.44. The third-order valence-electron chi connectivity index (χ3n) is 4.23. The zero-order valence-corrected chi connectivity index (χ0v) is 15.3. The monoisotopic (exact) mass is 341 g/mol. The van der Waals surface area contributed by atoms with Crippen LogP contribution in [0.25, 0.3) is 0 Å². The van der Waals surface area contributed by atoms with Crippen LogP contribution in [0.1, 0.15) is 12.6 Å². The van der Waals surface area contributed by atoms with Gasteiger partial charge in [-0.2, -0.15) is 0 Å². The molecule has 23 heavy (non-hydrogen) atoms. The van der Waals surface area contributed by atoms with Crippen LogP contribution < -0.4 is 5.32 Å². The highest BCUT2D eigenvalue weighted by Crippen LogP contribution is 2.14. The van der Waals surface area contributed by atoms with Crippen molar-refractivity contribution in [2.24, 2.45) is 12.0 Å². The molecule has 0 aromatic carbocycles. The van der Waals surface area contributed by atoms with Crippen LogP contribution in [0.2, 0.25) is 5.02 Å². The van der Waals surface area contributed by atoms with Crippen LogP contribution in [0.3, 0.4) is 0 Å². The third kappa shape index (κ3) is 5.12. The normalized spacial score (nSPS) is 19.9. The molecule has 1 aliphatic rings. The van der Waals surface area contributed by atoms with E-state index in [4.69, 9.17) is 16.3 Å². The Labute approximate surface area is 144 Å². The van der Waals surface area contributed by atoms with Gasteiger partial charge in [0.15, 0.2) is 5.96 Å². The summed E-state index contributed by atoms with van der Waals surface area (Å²) in [7, 11) is 5.85. The number of guanidine groups is 1. The van der Waals surface area contributed by atoms with E-state index in [0.29, 0.717) is 6.04 Å². The minimum atomic E-state index is 0.482. The van der Waals surface area contributed by atoms with Crippen LogP contribution in [0, 0.1) is 0 Å². The Morgan fingerprint density at radius 3 is 2.96 bits per heavy atom. The average Bonchev–Trinajstić information content (AvgIpc) is 2.83. The molecule has 1 aromatic heterocycles. The predicted octanol–water partition coefficient (Wildman–Crippen LogP) is 1.41. The second-order valence-electron chi connectivity index (χ2n) is 6.05. The van der Waals surface area contributed by atoms with Gasteiger partial charge in [0, 0.05) is 58.7 Å². The fourth-order valence-corrected chi connectivity index (χ4v) is 3.10. The molecule has 2 rings (SSSR count). The zero-order chi connectivity index (χ0) is 16.8. The molecule has 0 spiro atoms. The van der Waals surface area contributed by atoms with Crippen molar-refractivity contribution in [3.05, 3.63) is 23.0 Å². The first-order chi connectivity index (χ1) is 11.0. The quantitative estimate of drug-likeness (QED) is 0.649.